The van der Waals surface area contributed by atoms with Crippen molar-refractivity contribution in [1.82, 2.24) is 10.2 Å². The summed E-state index contributed by atoms with van der Waals surface area (Å²) in [6.07, 6.45) is 0.225. The molecule has 1 atom stereocenters. The Kier molecular flexibility index (Phi) is 8.93. The first-order valence-electron chi connectivity index (χ1n) is 11.0. The molecule has 0 aromatic heterocycles. The molecular weight excluding hydrogens is 455 g/mol. The third-order valence-electron chi connectivity index (χ3n) is 5.66. The summed E-state index contributed by atoms with van der Waals surface area (Å²) in [5, 5.41) is 3.80. The summed E-state index contributed by atoms with van der Waals surface area (Å²) in [5.41, 5.74) is 2.83. The molecular formula is C27H28Cl2N2O2. The maximum absolute atomic E-state index is 13.7. The summed E-state index contributed by atoms with van der Waals surface area (Å²) >= 11 is 12.4. The van der Waals surface area contributed by atoms with E-state index in [2.05, 4.69) is 5.32 Å². The fourth-order valence-electron chi connectivity index (χ4n) is 3.83. The molecule has 0 saturated carbocycles. The highest BCUT2D eigenvalue weighted by atomic mass is 35.5. The fourth-order valence-corrected chi connectivity index (χ4v) is 4.30. The van der Waals surface area contributed by atoms with Crippen LogP contribution in [0.4, 0.5) is 0 Å². The molecule has 3 aromatic rings. The molecule has 0 bridgehead atoms. The van der Waals surface area contributed by atoms with Crippen LogP contribution in [0.1, 0.15) is 42.9 Å². The number of benzene rings is 3. The van der Waals surface area contributed by atoms with Crippen LogP contribution in [0, 0.1) is 0 Å². The zero-order valence-electron chi connectivity index (χ0n) is 18.8. The quantitative estimate of drug-likeness (QED) is 0.402. The Morgan fingerprint density at radius 1 is 0.909 bits per heavy atom. The molecule has 2 amide bonds. The largest absolute Gasteiger partial charge is 0.355 e. The van der Waals surface area contributed by atoms with Crippen LogP contribution in [0.3, 0.4) is 0 Å². The van der Waals surface area contributed by atoms with Gasteiger partial charge in [0.2, 0.25) is 11.8 Å². The minimum absolute atomic E-state index is 0.127. The Labute approximate surface area is 205 Å². The second kappa shape index (κ2) is 11.9. The van der Waals surface area contributed by atoms with Gasteiger partial charge in [0.15, 0.2) is 0 Å². The fraction of sp³-hybridized carbons (Fsp3) is 0.259. The Balaban J connectivity index is 1.93. The van der Waals surface area contributed by atoms with E-state index < -0.39 is 6.04 Å². The molecule has 0 spiro atoms. The molecule has 0 heterocycles. The van der Waals surface area contributed by atoms with E-state index in [1.54, 1.807) is 30.0 Å². The van der Waals surface area contributed by atoms with Crippen LogP contribution in [-0.4, -0.2) is 29.3 Å². The van der Waals surface area contributed by atoms with Crippen LogP contribution in [0.2, 0.25) is 10.0 Å². The van der Waals surface area contributed by atoms with Gasteiger partial charge in [0.05, 0.1) is 0 Å². The Morgan fingerprint density at radius 2 is 1.48 bits per heavy atom. The van der Waals surface area contributed by atoms with Gasteiger partial charge >= 0.3 is 0 Å². The van der Waals surface area contributed by atoms with Gasteiger partial charge in [-0.05, 0) is 42.7 Å². The van der Waals surface area contributed by atoms with Crippen LogP contribution < -0.4 is 5.32 Å². The molecule has 0 aliphatic carbocycles. The van der Waals surface area contributed by atoms with Crippen molar-refractivity contribution in [2.45, 2.75) is 38.8 Å². The Morgan fingerprint density at radius 3 is 2.00 bits per heavy atom. The minimum atomic E-state index is -0.656. The molecule has 4 nitrogen and oxygen atoms in total. The highest BCUT2D eigenvalue weighted by Gasteiger charge is 2.29. The van der Waals surface area contributed by atoms with Crippen molar-refractivity contribution in [3.8, 4) is 0 Å². The summed E-state index contributed by atoms with van der Waals surface area (Å²) in [6, 6.07) is 24.4. The summed E-state index contributed by atoms with van der Waals surface area (Å²) < 4.78 is 0. The van der Waals surface area contributed by atoms with Gasteiger partial charge in [0, 0.05) is 35.5 Å². The van der Waals surface area contributed by atoms with Crippen molar-refractivity contribution in [2.75, 3.05) is 6.54 Å². The normalized spacial score (nSPS) is 11.8. The predicted molar refractivity (Wildman–Crippen MR) is 135 cm³/mol. The lowest BCUT2D eigenvalue weighted by Crippen LogP contribution is -2.47. The van der Waals surface area contributed by atoms with E-state index in [4.69, 9.17) is 23.2 Å². The van der Waals surface area contributed by atoms with Crippen LogP contribution in [0.25, 0.3) is 0 Å². The van der Waals surface area contributed by atoms with Crippen molar-refractivity contribution in [2.24, 2.45) is 0 Å². The summed E-state index contributed by atoms with van der Waals surface area (Å²) in [5.74, 6) is -0.464. The molecule has 0 unspecified atom stereocenters. The van der Waals surface area contributed by atoms with E-state index in [1.807, 2.05) is 67.6 Å². The van der Waals surface area contributed by atoms with Gasteiger partial charge in [0.1, 0.15) is 6.04 Å². The van der Waals surface area contributed by atoms with Crippen molar-refractivity contribution in [1.29, 1.82) is 0 Å². The van der Waals surface area contributed by atoms with E-state index in [9.17, 15) is 9.59 Å². The van der Waals surface area contributed by atoms with Crippen molar-refractivity contribution < 1.29 is 9.59 Å². The lowest BCUT2D eigenvalue weighted by Gasteiger charge is -2.31. The van der Waals surface area contributed by atoms with E-state index in [-0.39, 0.29) is 30.7 Å². The number of hydrogen-bond acceptors (Lipinski definition) is 2. The monoisotopic (exact) mass is 482 g/mol. The van der Waals surface area contributed by atoms with Gasteiger partial charge in [0.25, 0.3) is 0 Å². The highest BCUT2D eigenvalue weighted by molar-refractivity contribution is 6.35. The first kappa shape index (κ1) is 24.8. The molecule has 1 N–H and O–H groups in total. The number of nitrogens with one attached hydrogen (secondary N) is 1. The SMILES string of the molecule is CCNC(=O)[C@H](C)N(Cc1ccc(Cl)cc1Cl)C(=O)CC(c1ccccc1)c1ccccc1. The lowest BCUT2D eigenvalue weighted by molar-refractivity contribution is -0.140. The van der Waals surface area contributed by atoms with Gasteiger partial charge in [-0.1, -0.05) is 89.9 Å². The van der Waals surface area contributed by atoms with E-state index in [1.165, 1.54) is 0 Å². The molecule has 0 aliphatic rings. The van der Waals surface area contributed by atoms with E-state index >= 15 is 0 Å². The smallest absolute Gasteiger partial charge is 0.242 e. The molecule has 0 saturated heterocycles. The average molecular weight is 483 g/mol. The first-order chi connectivity index (χ1) is 15.9. The summed E-state index contributed by atoms with van der Waals surface area (Å²) in [4.78, 5) is 28.0. The second-order valence-electron chi connectivity index (χ2n) is 7.91. The highest BCUT2D eigenvalue weighted by Crippen LogP contribution is 2.30. The molecule has 3 rings (SSSR count). The third-order valence-corrected chi connectivity index (χ3v) is 6.24. The molecule has 0 aliphatic heterocycles. The molecule has 6 heteroatoms. The topological polar surface area (TPSA) is 49.4 Å². The predicted octanol–water partition coefficient (Wildman–Crippen LogP) is 6.07. The number of nitrogens with zero attached hydrogens (tertiary/aromatic N) is 1. The Hall–Kier alpha value is -2.82. The minimum Gasteiger partial charge on any atom is -0.355 e. The Bertz CT molecular complexity index is 1030. The van der Waals surface area contributed by atoms with E-state index in [0.29, 0.717) is 16.6 Å². The first-order valence-corrected chi connectivity index (χ1v) is 11.8. The standard InChI is InChI=1S/C27H28Cl2N2O2/c1-3-30-27(33)19(2)31(18-22-14-15-23(28)16-25(22)29)26(32)17-24(20-10-6-4-7-11-20)21-12-8-5-9-13-21/h4-16,19,24H,3,17-18H2,1-2H3,(H,30,33)/t19-/m0/s1. The molecule has 0 fully saturated rings. The number of carbonyl (C=O) groups excluding carboxylic acids is 2. The zero-order valence-corrected chi connectivity index (χ0v) is 20.3. The van der Waals surface area contributed by atoms with Gasteiger partial charge in [-0.2, -0.15) is 0 Å². The zero-order chi connectivity index (χ0) is 23.8. The van der Waals surface area contributed by atoms with Crippen LogP contribution in [0.5, 0.6) is 0 Å². The van der Waals surface area contributed by atoms with Gasteiger partial charge in [-0.15, -0.1) is 0 Å². The van der Waals surface area contributed by atoms with Gasteiger partial charge < -0.3 is 10.2 Å². The van der Waals surface area contributed by atoms with Gasteiger partial charge in [-0.25, -0.2) is 0 Å². The molecule has 33 heavy (non-hydrogen) atoms. The van der Waals surface area contributed by atoms with Crippen molar-refractivity contribution in [3.63, 3.8) is 0 Å². The summed E-state index contributed by atoms with van der Waals surface area (Å²) in [7, 11) is 0. The maximum Gasteiger partial charge on any atom is 0.242 e. The lowest BCUT2D eigenvalue weighted by atomic mass is 9.88. The van der Waals surface area contributed by atoms with Crippen molar-refractivity contribution in [3.05, 3.63) is 106 Å². The van der Waals surface area contributed by atoms with Crippen molar-refractivity contribution >= 4 is 35.0 Å². The van der Waals surface area contributed by atoms with Gasteiger partial charge in [-0.3, -0.25) is 9.59 Å². The maximum atomic E-state index is 13.7. The molecule has 0 radical (unpaired) electrons. The molecule has 3 aromatic carbocycles. The number of rotatable bonds is 9. The summed E-state index contributed by atoms with van der Waals surface area (Å²) in [6.45, 7) is 4.30. The van der Waals surface area contributed by atoms with Crippen LogP contribution in [-0.2, 0) is 16.1 Å². The molecule has 172 valence electrons. The number of carbonyl (C=O) groups is 2. The number of likely N-dealkylation sites (N-methyl/N-ethyl adjacent to an activating group) is 1. The average Bonchev–Trinajstić information content (AvgIpc) is 2.82. The number of halogens is 2. The number of hydrogen-bond donors (Lipinski definition) is 1. The third kappa shape index (κ3) is 6.59. The van der Waals surface area contributed by atoms with Crippen LogP contribution in [0.15, 0.2) is 78.9 Å². The van der Waals surface area contributed by atoms with Crippen LogP contribution >= 0.6 is 23.2 Å². The number of amides is 2. The van der Waals surface area contributed by atoms with E-state index in [0.717, 1.165) is 16.7 Å². The second-order valence-corrected chi connectivity index (χ2v) is 8.75.